The zero-order chi connectivity index (χ0) is 14.2. The van der Waals surface area contributed by atoms with Gasteiger partial charge in [-0.05, 0) is 43.7 Å². The van der Waals surface area contributed by atoms with Gasteiger partial charge >= 0.3 is 0 Å². The number of hydrogen-bond acceptors (Lipinski definition) is 2. The Morgan fingerprint density at radius 2 is 2.00 bits per heavy atom. The minimum atomic E-state index is 0.106. The molecule has 2 aliphatic rings. The van der Waals surface area contributed by atoms with E-state index >= 15 is 0 Å². The molecule has 110 valence electrons. The number of fused-ring (bicyclic) bond motifs is 1. The van der Waals surface area contributed by atoms with Gasteiger partial charge in [0.05, 0.1) is 0 Å². The van der Waals surface area contributed by atoms with Crippen LogP contribution in [0.4, 0.5) is 0 Å². The third kappa shape index (κ3) is 2.46. The summed E-state index contributed by atoms with van der Waals surface area (Å²) in [5.74, 6) is 2.73. The second-order valence-electron chi connectivity index (χ2n) is 6.95. The molecule has 20 heavy (non-hydrogen) atoms. The fourth-order valence-corrected chi connectivity index (χ4v) is 3.74. The van der Waals surface area contributed by atoms with Gasteiger partial charge < -0.3 is 10.1 Å². The van der Waals surface area contributed by atoms with Crippen molar-refractivity contribution in [2.24, 2.45) is 11.8 Å². The molecule has 1 aromatic carbocycles. The molecule has 1 saturated carbocycles. The van der Waals surface area contributed by atoms with Crippen molar-refractivity contribution in [1.29, 1.82) is 0 Å². The van der Waals surface area contributed by atoms with E-state index in [9.17, 15) is 0 Å². The topological polar surface area (TPSA) is 21.3 Å². The molecule has 1 fully saturated rings. The maximum Gasteiger partial charge on any atom is 0.124 e. The Kier molecular flexibility index (Phi) is 3.76. The average molecular weight is 273 g/mol. The van der Waals surface area contributed by atoms with Crippen LogP contribution >= 0.6 is 0 Å². The summed E-state index contributed by atoms with van der Waals surface area (Å²) in [7, 11) is 0. The second kappa shape index (κ2) is 5.40. The molecule has 1 aliphatic heterocycles. The minimum absolute atomic E-state index is 0.106. The van der Waals surface area contributed by atoms with E-state index in [4.69, 9.17) is 4.74 Å². The van der Waals surface area contributed by atoms with Gasteiger partial charge in [-0.2, -0.15) is 0 Å². The Balaban J connectivity index is 1.79. The van der Waals surface area contributed by atoms with Gasteiger partial charge in [0.1, 0.15) is 11.4 Å². The van der Waals surface area contributed by atoms with Crippen LogP contribution in [0.2, 0.25) is 0 Å². The smallest absolute Gasteiger partial charge is 0.124 e. The second-order valence-corrected chi connectivity index (χ2v) is 6.95. The molecule has 0 bridgehead atoms. The summed E-state index contributed by atoms with van der Waals surface area (Å²) in [5, 5.41) is 3.71. The lowest BCUT2D eigenvalue weighted by atomic mass is 9.62. The van der Waals surface area contributed by atoms with Crippen LogP contribution in [0.3, 0.4) is 0 Å². The van der Waals surface area contributed by atoms with Gasteiger partial charge in [-0.15, -0.1) is 0 Å². The molecule has 0 saturated heterocycles. The molecule has 1 unspecified atom stereocenters. The molecule has 1 atom stereocenters. The van der Waals surface area contributed by atoms with E-state index in [-0.39, 0.29) is 5.60 Å². The van der Waals surface area contributed by atoms with Gasteiger partial charge in [-0.3, -0.25) is 0 Å². The molecule has 0 aromatic heterocycles. The van der Waals surface area contributed by atoms with Gasteiger partial charge in [0.2, 0.25) is 0 Å². The van der Waals surface area contributed by atoms with Gasteiger partial charge in [-0.25, -0.2) is 0 Å². The Labute approximate surface area is 122 Å². The lowest BCUT2D eigenvalue weighted by molar-refractivity contribution is -0.0872. The summed E-state index contributed by atoms with van der Waals surface area (Å²) in [4.78, 5) is 0. The van der Waals surface area contributed by atoms with E-state index in [0.29, 0.717) is 6.04 Å². The number of benzene rings is 1. The van der Waals surface area contributed by atoms with E-state index < -0.39 is 0 Å². The number of nitrogens with one attached hydrogen (secondary N) is 1. The van der Waals surface area contributed by atoms with E-state index in [1.807, 2.05) is 0 Å². The van der Waals surface area contributed by atoms with Crippen molar-refractivity contribution in [3.05, 3.63) is 29.8 Å². The first kappa shape index (κ1) is 13.9. The summed E-state index contributed by atoms with van der Waals surface area (Å²) in [6.45, 7) is 7.98. The van der Waals surface area contributed by atoms with Crippen molar-refractivity contribution >= 4 is 0 Å². The lowest BCUT2D eigenvalue weighted by Crippen LogP contribution is -2.54. The average Bonchev–Trinajstić information content (AvgIpc) is 2.41. The SMILES string of the molecule is CCCNC1CC2(CC(C(C)C)C2)Oc2ccccc21. The fraction of sp³-hybridized carbons (Fsp3) is 0.667. The lowest BCUT2D eigenvalue weighted by Gasteiger charge is -2.53. The monoisotopic (exact) mass is 273 g/mol. The largest absolute Gasteiger partial charge is 0.487 e. The molecule has 1 aliphatic carbocycles. The predicted octanol–water partition coefficient (Wildman–Crippen LogP) is 4.31. The molecule has 0 radical (unpaired) electrons. The van der Waals surface area contributed by atoms with Crippen molar-refractivity contribution in [2.75, 3.05) is 6.54 Å². The fourth-order valence-electron chi connectivity index (χ4n) is 3.74. The van der Waals surface area contributed by atoms with Crippen molar-refractivity contribution < 1.29 is 4.74 Å². The van der Waals surface area contributed by atoms with E-state index in [2.05, 4.69) is 50.4 Å². The van der Waals surface area contributed by atoms with Crippen LogP contribution < -0.4 is 10.1 Å². The summed E-state index contributed by atoms with van der Waals surface area (Å²) in [5.41, 5.74) is 1.45. The van der Waals surface area contributed by atoms with Crippen LogP contribution in [0.15, 0.2) is 24.3 Å². The minimum Gasteiger partial charge on any atom is -0.487 e. The van der Waals surface area contributed by atoms with E-state index in [0.717, 1.165) is 30.6 Å². The van der Waals surface area contributed by atoms with Crippen LogP contribution in [0.25, 0.3) is 0 Å². The quantitative estimate of drug-likeness (QED) is 0.882. The Morgan fingerprint density at radius 3 is 2.70 bits per heavy atom. The molecule has 2 heteroatoms. The van der Waals surface area contributed by atoms with Crippen LogP contribution in [0.1, 0.15) is 58.1 Å². The molecular formula is C18H27NO. The van der Waals surface area contributed by atoms with Crippen molar-refractivity contribution in [2.45, 2.75) is 58.1 Å². The molecule has 3 rings (SSSR count). The molecule has 1 N–H and O–H groups in total. The van der Waals surface area contributed by atoms with Crippen LogP contribution in [-0.4, -0.2) is 12.1 Å². The highest BCUT2D eigenvalue weighted by atomic mass is 16.5. The highest BCUT2D eigenvalue weighted by Crippen LogP contribution is 2.53. The summed E-state index contributed by atoms with van der Waals surface area (Å²) < 4.78 is 6.41. The number of rotatable bonds is 4. The Bertz CT molecular complexity index is 462. The van der Waals surface area contributed by atoms with Crippen LogP contribution in [-0.2, 0) is 0 Å². The standard InChI is InChI=1S/C18H27NO/c1-4-9-19-16-12-18(10-14(11-18)13(2)3)20-17-8-6-5-7-15(16)17/h5-8,13-14,16,19H,4,9-12H2,1-3H3. The highest BCUT2D eigenvalue weighted by molar-refractivity contribution is 5.39. The molecule has 2 nitrogen and oxygen atoms in total. The molecule has 1 spiro atoms. The Hall–Kier alpha value is -1.02. The number of hydrogen-bond donors (Lipinski definition) is 1. The third-order valence-corrected chi connectivity index (χ3v) is 5.05. The van der Waals surface area contributed by atoms with Crippen molar-refractivity contribution in [3.63, 3.8) is 0 Å². The first-order chi connectivity index (χ1) is 9.63. The highest BCUT2D eigenvalue weighted by Gasteiger charge is 2.51. The molecular weight excluding hydrogens is 246 g/mol. The van der Waals surface area contributed by atoms with Gasteiger partial charge in [-0.1, -0.05) is 39.0 Å². The first-order valence-corrected chi connectivity index (χ1v) is 8.15. The number of ether oxygens (including phenoxy) is 1. The summed E-state index contributed by atoms with van der Waals surface area (Å²) >= 11 is 0. The molecule has 1 heterocycles. The molecule has 0 amide bonds. The van der Waals surface area contributed by atoms with Gasteiger partial charge in [0, 0.05) is 18.0 Å². The van der Waals surface area contributed by atoms with Gasteiger partial charge in [0.25, 0.3) is 0 Å². The predicted molar refractivity (Wildman–Crippen MR) is 83.0 cm³/mol. The van der Waals surface area contributed by atoms with Crippen molar-refractivity contribution in [1.82, 2.24) is 5.32 Å². The molecule has 1 aromatic rings. The van der Waals surface area contributed by atoms with Crippen LogP contribution in [0.5, 0.6) is 5.75 Å². The van der Waals surface area contributed by atoms with E-state index in [1.165, 1.54) is 24.8 Å². The maximum atomic E-state index is 6.41. The van der Waals surface area contributed by atoms with E-state index in [1.54, 1.807) is 0 Å². The maximum absolute atomic E-state index is 6.41. The number of para-hydroxylation sites is 1. The Morgan fingerprint density at radius 1 is 1.25 bits per heavy atom. The third-order valence-electron chi connectivity index (χ3n) is 5.05. The van der Waals surface area contributed by atoms with Crippen LogP contribution in [0, 0.1) is 11.8 Å². The normalized spacial score (nSPS) is 31.8. The first-order valence-electron chi connectivity index (χ1n) is 8.15. The zero-order valence-corrected chi connectivity index (χ0v) is 13.0. The summed E-state index contributed by atoms with van der Waals surface area (Å²) in [6, 6.07) is 9.03. The summed E-state index contributed by atoms with van der Waals surface area (Å²) in [6.07, 6.45) is 4.76. The van der Waals surface area contributed by atoms with Gasteiger partial charge in [0.15, 0.2) is 0 Å². The zero-order valence-electron chi connectivity index (χ0n) is 13.0. The van der Waals surface area contributed by atoms with Crippen molar-refractivity contribution in [3.8, 4) is 5.75 Å².